The first kappa shape index (κ1) is 22.1. The zero-order valence-electron chi connectivity index (χ0n) is 18.9. The number of carbonyl (C=O) groups excluding carboxylic acids is 1. The molecule has 0 radical (unpaired) electrons. The van der Waals surface area contributed by atoms with Crippen molar-refractivity contribution in [2.45, 2.75) is 45.2 Å². The molecule has 1 fully saturated rings. The summed E-state index contributed by atoms with van der Waals surface area (Å²) in [4.78, 5) is 38.7. The van der Waals surface area contributed by atoms with Gasteiger partial charge in [0.15, 0.2) is 0 Å². The Morgan fingerprint density at radius 3 is 2.66 bits per heavy atom. The lowest BCUT2D eigenvalue weighted by Gasteiger charge is -2.36. The molecule has 1 saturated heterocycles. The summed E-state index contributed by atoms with van der Waals surface area (Å²) in [7, 11) is 1.89. The van der Waals surface area contributed by atoms with Crippen molar-refractivity contribution in [2.75, 3.05) is 26.7 Å². The maximum Gasteiger partial charge on any atom is 0.261 e. The second-order valence-electron chi connectivity index (χ2n) is 8.61. The van der Waals surface area contributed by atoms with Gasteiger partial charge in [-0.25, -0.2) is 4.98 Å². The highest BCUT2D eigenvalue weighted by Gasteiger charge is 2.25. The van der Waals surface area contributed by atoms with E-state index in [1.54, 1.807) is 17.0 Å². The molecule has 1 aliphatic rings. The first-order valence-electron chi connectivity index (χ1n) is 11.4. The minimum absolute atomic E-state index is 0.0770. The summed E-state index contributed by atoms with van der Waals surface area (Å²) >= 11 is 0. The zero-order chi connectivity index (χ0) is 22.5. The van der Waals surface area contributed by atoms with Crippen molar-refractivity contribution >= 4 is 16.8 Å². The standard InChI is InChI=1S/C25H31N5O2/c1-19-6-5-8-22-24(19)27-18-30(25(22)32)17-12-23(31)28(2)21-10-15-29(16-11-21)14-9-20-7-3-4-13-26-20/h3-8,13,18,21H,9-12,14-17H2,1-2H3. The van der Waals surface area contributed by atoms with Crippen LogP contribution in [0.1, 0.15) is 30.5 Å². The van der Waals surface area contributed by atoms with E-state index in [2.05, 4.69) is 20.9 Å². The lowest BCUT2D eigenvalue weighted by Crippen LogP contribution is -2.46. The van der Waals surface area contributed by atoms with Crippen LogP contribution in [0, 0.1) is 6.92 Å². The van der Waals surface area contributed by atoms with Crippen LogP contribution in [0.25, 0.3) is 10.9 Å². The first-order valence-corrected chi connectivity index (χ1v) is 11.4. The van der Waals surface area contributed by atoms with Crippen LogP contribution in [-0.4, -0.2) is 63.0 Å². The Morgan fingerprint density at radius 2 is 1.91 bits per heavy atom. The number of fused-ring (bicyclic) bond motifs is 1. The molecule has 0 N–H and O–H groups in total. The van der Waals surface area contributed by atoms with Gasteiger partial charge in [0.25, 0.3) is 5.56 Å². The number of aromatic nitrogens is 3. The van der Waals surface area contributed by atoms with Crippen LogP contribution in [0.5, 0.6) is 0 Å². The molecule has 0 bridgehead atoms. The van der Waals surface area contributed by atoms with Crippen LogP contribution in [0.4, 0.5) is 0 Å². The molecule has 168 valence electrons. The third-order valence-electron chi connectivity index (χ3n) is 6.53. The number of hydrogen-bond donors (Lipinski definition) is 0. The maximum absolute atomic E-state index is 12.8. The third kappa shape index (κ3) is 5.05. The highest BCUT2D eigenvalue weighted by molar-refractivity contribution is 5.80. The van der Waals surface area contributed by atoms with Crippen LogP contribution >= 0.6 is 0 Å². The van der Waals surface area contributed by atoms with Crippen LogP contribution in [-0.2, 0) is 17.8 Å². The van der Waals surface area contributed by atoms with E-state index in [9.17, 15) is 9.59 Å². The smallest absolute Gasteiger partial charge is 0.261 e. The molecule has 0 saturated carbocycles. The zero-order valence-corrected chi connectivity index (χ0v) is 18.9. The molecule has 4 rings (SSSR count). The van der Waals surface area contributed by atoms with Gasteiger partial charge >= 0.3 is 0 Å². The van der Waals surface area contributed by atoms with Gasteiger partial charge in [0, 0.05) is 64.0 Å². The molecule has 3 heterocycles. The topological polar surface area (TPSA) is 71.3 Å². The van der Waals surface area contributed by atoms with Gasteiger partial charge in [-0.15, -0.1) is 0 Å². The van der Waals surface area contributed by atoms with E-state index in [1.165, 1.54) is 0 Å². The number of likely N-dealkylation sites (tertiary alicyclic amines) is 1. The predicted octanol–water partition coefficient (Wildman–Crippen LogP) is 2.66. The molecule has 32 heavy (non-hydrogen) atoms. The Morgan fingerprint density at radius 1 is 1.09 bits per heavy atom. The van der Waals surface area contributed by atoms with E-state index in [1.807, 2.05) is 49.3 Å². The Bertz CT molecular complexity index is 1120. The Kier molecular flexibility index (Phi) is 6.95. The number of carbonyl (C=O) groups is 1. The fraction of sp³-hybridized carbons (Fsp3) is 0.440. The molecular weight excluding hydrogens is 402 g/mol. The molecule has 1 aromatic carbocycles. The monoisotopic (exact) mass is 433 g/mol. The Balaban J connectivity index is 1.27. The van der Waals surface area contributed by atoms with Crippen molar-refractivity contribution < 1.29 is 4.79 Å². The number of para-hydroxylation sites is 1. The van der Waals surface area contributed by atoms with Gasteiger partial charge in [0.05, 0.1) is 17.2 Å². The fourth-order valence-electron chi connectivity index (χ4n) is 4.44. The molecule has 1 amide bonds. The summed E-state index contributed by atoms with van der Waals surface area (Å²) in [6.07, 6.45) is 6.60. The van der Waals surface area contributed by atoms with Crippen molar-refractivity contribution in [3.8, 4) is 0 Å². The molecule has 7 heteroatoms. The van der Waals surface area contributed by atoms with Crippen molar-refractivity contribution in [1.29, 1.82) is 0 Å². The van der Waals surface area contributed by atoms with Crippen LogP contribution in [0.3, 0.4) is 0 Å². The second-order valence-corrected chi connectivity index (χ2v) is 8.61. The van der Waals surface area contributed by atoms with Crippen molar-refractivity contribution in [3.05, 3.63) is 70.5 Å². The van der Waals surface area contributed by atoms with Crippen LogP contribution < -0.4 is 5.56 Å². The molecule has 0 unspecified atom stereocenters. The number of nitrogens with zero attached hydrogens (tertiary/aromatic N) is 5. The quantitative estimate of drug-likeness (QED) is 0.573. The van der Waals surface area contributed by atoms with Gasteiger partial charge in [0.1, 0.15) is 0 Å². The Labute approximate surface area is 188 Å². The summed E-state index contributed by atoms with van der Waals surface area (Å²) in [6.45, 7) is 5.27. The maximum atomic E-state index is 12.8. The summed E-state index contributed by atoms with van der Waals surface area (Å²) in [5.41, 5.74) is 2.74. The molecule has 3 aromatic rings. The van der Waals surface area contributed by atoms with E-state index in [-0.39, 0.29) is 17.5 Å². The van der Waals surface area contributed by atoms with Crippen LogP contribution in [0.2, 0.25) is 0 Å². The van der Waals surface area contributed by atoms with Gasteiger partial charge in [0.2, 0.25) is 5.91 Å². The first-order chi connectivity index (χ1) is 15.5. The normalized spacial score (nSPS) is 15.2. The number of benzene rings is 1. The molecule has 2 aromatic heterocycles. The number of hydrogen-bond acceptors (Lipinski definition) is 5. The number of aryl methyl sites for hydroxylation is 2. The fourth-order valence-corrected chi connectivity index (χ4v) is 4.44. The summed E-state index contributed by atoms with van der Waals surface area (Å²) in [5, 5.41) is 0.603. The molecular formula is C25H31N5O2. The SMILES string of the molecule is Cc1cccc2c(=O)n(CCC(=O)N(C)C3CCN(CCc4ccccn4)CC3)cnc12. The number of pyridine rings is 1. The van der Waals surface area contributed by atoms with E-state index in [4.69, 9.17) is 0 Å². The lowest BCUT2D eigenvalue weighted by atomic mass is 10.0. The highest BCUT2D eigenvalue weighted by Crippen LogP contribution is 2.17. The van der Waals surface area contributed by atoms with Crippen LogP contribution in [0.15, 0.2) is 53.7 Å². The number of piperidine rings is 1. The lowest BCUT2D eigenvalue weighted by molar-refractivity contribution is -0.133. The van der Waals surface area contributed by atoms with Gasteiger partial charge in [-0.05, 0) is 43.5 Å². The molecule has 0 spiro atoms. The highest BCUT2D eigenvalue weighted by atomic mass is 16.2. The average Bonchev–Trinajstić information content (AvgIpc) is 2.83. The Hall–Kier alpha value is -3.06. The van der Waals surface area contributed by atoms with Crippen molar-refractivity contribution in [2.24, 2.45) is 0 Å². The van der Waals surface area contributed by atoms with Gasteiger partial charge in [-0.2, -0.15) is 0 Å². The average molecular weight is 434 g/mol. The predicted molar refractivity (Wildman–Crippen MR) is 126 cm³/mol. The van der Waals surface area contributed by atoms with E-state index < -0.39 is 0 Å². The van der Waals surface area contributed by atoms with Gasteiger partial charge in [-0.1, -0.05) is 18.2 Å². The largest absolute Gasteiger partial charge is 0.343 e. The second kappa shape index (κ2) is 10.0. The van der Waals surface area contributed by atoms with E-state index in [0.717, 1.165) is 55.7 Å². The number of amides is 1. The summed E-state index contributed by atoms with van der Waals surface area (Å²) in [6, 6.07) is 11.9. The minimum atomic E-state index is -0.0876. The minimum Gasteiger partial charge on any atom is -0.343 e. The molecule has 0 atom stereocenters. The molecule has 0 aliphatic carbocycles. The third-order valence-corrected chi connectivity index (χ3v) is 6.53. The van der Waals surface area contributed by atoms with Gasteiger partial charge in [-0.3, -0.25) is 19.1 Å². The van der Waals surface area contributed by atoms with Crippen molar-refractivity contribution in [3.63, 3.8) is 0 Å². The van der Waals surface area contributed by atoms with E-state index >= 15 is 0 Å². The van der Waals surface area contributed by atoms with E-state index in [0.29, 0.717) is 18.4 Å². The summed E-state index contributed by atoms with van der Waals surface area (Å²) in [5.74, 6) is 0.0770. The molecule has 1 aliphatic heterocycles. The number of rotatable bonds is 7. The van der Waals surface area contributed by atoms with Crippen molar-refractivity contribution in [1.82, 2.24) is 24.3 Å². The molecule has 7 nitrogen and oxygen atoms in total. The van der Waals surface area contributed by atoms with Gasteiger partial charge < -0.3 is 9.80 Å². The summed E-state index contributed by atoms with van der Waals surface area (Å²) < 4.78 is 1.55.